The molecule has 0 spiro atoms. The lowest BCUT2D eigenvalue weighted by molar-refractivity contribution is -0.122. The number of nitrogens with zero attached hydrogens (tertiary/aromatic N) is 4. The number of aromatic nitrogens is 3. The molecule has 0 radical (unpaired) electrons. The molecular weight excluding hydrogens is 386 g/mol. The summed E-state index contributed by atoms with van der Waals surface area (Å²) in [4.78, 5) is 43.9. The van der Waals surface area contributed by atoms with Crippen molar-refractivity contribution in [3.8, 4) is 0 Å². The lowest BCUT2D eigenvalue weighted by Crippen LogP contribution is -2.47. The lowest BCUT2D eigenvalue weighted by atomic mass is 10.1. The number of aryl methyl sites for hydroxylation is 2. The highest BCUT2D eigenvalue weighted by Gasteiger charge is 2.25. The number of nitrogens with one attached hydrogen (secondary N) is 1. The normalized spacial score (nSPS) is 17.1. The second-order valence-corrected chi connectivity index (χ2v) is 8.08. The first-order valence-electron chi connectivity index (χ1n) is 10.8. The molecule has 0 saturated carbocycles. The van der Waals surface area contributed by atoms with Gasteiger partial charge in [-0.3, -0.25) is 14.2 Å². The monoisotopic (exact) mass is 415 g/mol. The van der Waals surface area contributed by atoms with Crippen LogP contribution in [0.3, 0.4) is 0 Å². The van der Waals surface area contributed by atoms with Crippen molar-refractivity contribution in [1.82, 2.24) is 24.3 Å². The Kier molecular flexibility index (Phi) is 5.78. The van der Waals surface area contributed by atoms with Crippen molar-refractivity contribution in [2.45, 2.75) is 65.1 Å². The molecule has 2 aromatic heterocycles. The Balaban J connectivity index is 1.45. The molecule has 0 aromatic carbocycles. The first kappa shape index (κ1) is 20.4. The minimum Gasteiger partial charge on any atom is -0.450 e. The average molecular weight is 415 g/mol. The van der Waals surface area contributed by atoms with Crippen LogP contribution in [-0.4, -0.2) is 56.8 Å². The van der Waals surface area contributed by atoms with Crippen LogP contribution in [-0.2, 0) is 29.0 Å². The van der Waals surface area contributed by atoms with E-state index in [0.717, 1.165) is 30.8 Å². The van der Waals surface area contributed by atoms with E-state index in [1.807, 2.05) is 13.0 Å². The van der Waals surface area contributed by atoms with Crippen molar-refractivity contribution in [2.24, 2.45) is 0 Å². The van der Waals surface area contributed by atoms with Gasteiger partial charge in [0.25, 0.3) is 5.56 Å². The summed E-state index contributed by atoms with van der Waals surface area (Å²) in [5, 5.41) is 3.05. The van der Waals surface area contributed by atoms with E-state index < -0.39 is 0 Å². The van der Waals surface area contributed by atoms with Crippen molar-refractivity contribution in [2.75, 3.05) is 19.7 Å². The number of hydrogen-bond donors (Lipinski definition) is 1. The molecule has 1 saturated heterocycles. The number of carbonyl (C=O) groups is 2. The zero-order chi connectivity index (χ0) is 21.3. The fourth-order valence-corrected chi connectivity index (χ4v) is 4.43. The predicted octanol–water partition coefficient (Wildman–Crippen LogP) is 1.58. The third kappa shape index (κ3) is 3.93. The largest absolute Gasteiger partial charge is 0.450 e. The number of hydrogen-bond acceptors (Lipinski definition) is 5. The van der Waals surface area contributed by atoms with E-state index in [4.69, 9.17) is 4.74 Å². The van der Waals surface area contributed by atoms with Gasteiger partial charge in [0, 0.05) is 37.8 Å². The Hall–Kier alpha value is -2.84. The molecule has 2 aliphatic rings. The van der Waals surface area contributed by atoms with Gasteiger partial charge in [0.15, 0.2) is 0 Å². The van der Waals surface area contributed by atoms with Gasteiger partial charge in [-0.05, 0) is 45.6 Å². The van der Waals surface area contributed by atoms with E-state index in [9.17, 15) is 14.4 Å². The molecule has 4 heterocycles. The Morgan fingerprint density at radius 3 is 2.73 bits per heavy atom. The zero-order valence-electron chi connectivity index (χ0n) is 17.6. The van der Waals surface area contributed by atoms with Gasteiger partial charge in [-0.25, -0.2) is 9.78 Å². The van der Waals surface area contributed by atoms with Gasteiger partial charge >= 0.3 is 6.09 Å². The maximum absolute atomic E-state index is 13.1. The fraction of sp³-hybridized carbons (Fsp3) is 0.619. The third-order valence-electron chi connectivity index (χ3n) is 6.01. The first-order chi connectivity index (χ1) is 14.5. The number of rotatable bonds is 4. The summed E-state index contributed by atoms with van der Waals surface area (Å²) in [5.74, 6) is 0.709. The second-order valence-electron chi connectivity index (χ2n) is 8.08. The van der Waals surface area contributed by atoms with E-state index in [1.165, 1.54) is 0 Å². The van der Waals surface area contributed by atoms with Crippen LogP contribution in [0.4, 0.5) is 4.79 Å². The van der Waals surface area contributed by atoms with Gasteiger partial charge in [-0.15, -0.1) is 0 Å². The minimum absolute atomic E-state index is 0.0114. The molecule has 2 amide bonds. The maximum atomic E-state index is 13.1. The van der Waals surface area contributed by atoms with E-state index in [0.29, 0.717) is 50.1 Å². The van der Waals surface area contributed by atoms with Gasteiger partial charge in [0.05, 0.1) is 12.1 Å². The smallest absolute Gasteiger partial charge is 0.409 e. The molecule has 30 heavy (non-hydrogen) atoms. The SMILES string of the molecule is CCOC(=O)N1CCC(NC(=O)Cn2c(C)cc3nc4n(c(=O)c32)CCCC4)CC1. The topological polar surface area (TPSA) is 98.5 Å². The number of fused-ring (bicyclic) bond motifs is 2. The van der Waals surface area contributed by atoms with Crippen LogP contribution >= 0.6 is 0 Å². The Labute approximate surface area is 175 Å². The number of likely N-dealkylation sites (tertiary alicyclic amines) is 1. The number of ether oxygens (including phenoxy) is 1. The van der Waals surface area contributed by atoms with Gasteiger partial charge in [0.1, 0.15) is 17.9 Å². The molecule has 2 aromatic rings. The van der Waals surface area contributed by atoms with E-state index >= 15 is 0 Å². The molecule has 9 heteroatoms. The van der Waals surface area contributed by atoms with E-state index in [2.05, 4.69) is 10.3 Å². The summed E-state index contributed by atoms with van der Waals surface area (Å²) in [5.41, 5.74) is 1.97. The van der Waals surface area contributed by atoms with Gasteiger partial charge in [-0.2, -0.15) is 0 Å². The lowest BCUT2D eigenvalue weighted by Gasteiger charge is -2.31. The van der Waals surface area contributed by atoms with Crippen LogP contribution in [0.5, 0.6) is 0 Å². The van der Waals surface area contributed by atoms with Crippen molar-refractivity contribution in [1.29, 1.82) is 0 Å². The summed E-state index contributed by atoms with van der Waals surface area (Å²) >= 11 is 0. The summed E-state index contributed by atoms with van der Waals surface area (Å²) in [6.45, 7) is 5.94. The van der Waals surface area contributed by atoms with Crippen molar-refractivity contribution < 1.29 is 14.3 Å². The van der Waals surface area contributed by atoms with E-state index in [1.54, 1.807) is 21.0 Å². The first-order valence-corrected chi connectivity index (χ1v) is 10.8. The molecule has 0 aliphatic carbocycles. The molecule has 1 N–H and O–H groups in total. The van der Waals surface area contributed by atoms with Crippen LogP contribution < -0.4 is 10.9 Å². The molecule has 0 bridgehead atoms. The van der Waals surface area contributed by atoms with Gasteiger partial charge in [0.2, 0.25) is 5.91 Å². The number of piperidine rings is 1. The summed E-state index contributed by atoms with van der Waals surface area (Å²) in [6.07, 6.45) is 3.93. The Bertz CT molecular complexity index is 1020. The third-order valence-corrected chi connectivity index (χ3v) is 6.01. The Morgan fingerprint density at radius 1 is 1.23 bits per heavy atom. The molecule has 9 nitrogen and oxygen atoms in total. The molecule has 4 rings (SSSR count). The fourth-order valence-electron chi connectivity index (χ4n) is 4.43. The van der Waals surface area contributed by atoms with Gasteiger partial charge < -0.3 is 19.5 Å². The number of carbonyl (C=O) groups excluding carboxylic acids is 2. The molecular formula is C21H29N5O4. The maximum Gasteiger partial charge on any atom is 0.409 e. The standard InChI is InChI=1S/C21H29N5O4/c1-3-30-21(29)24-10-7-15(8-11-24)22-18(27)13-26-14(2)12-16-19(26)20(28)25-9-5-4-6-17(25)23-16/h12,15H,3-11,13H2,1-2H3,(H,22,27). The number of amides is 2. The van der Waals surface area contributed by atoms with Crippen LogP contribution in [0, 0.1) is 6.92 Å². The molecule has 162 valence electrons. The van der Waals surface area contributed by atoms with Crippen LogP contribution in [0.15, 0.2) is 10.9 Å². The summed E-state index contributed by atoms with van der Waals surface area (Å²) < 4.78 is 8.56. The average Bonchev–Trinajstić information content (AvgIpc) is 3.04. The molecule has 0 unspecified atom stereocenters. The van der Waals surface area contributed by atoms with Crippen LogP contribution in [0.1, 0.15) is 44.1 Å². The molecule has 0 atom stereocenters. The quantitative estimate of drug-likeness (QED) is 0.818. The summed E-state index contributed by atoms with van der Waals surface area (Å²) in [6, 6.07) is 1.90. The highest BCUT2D eigenvalue weighted by Crippen LogP contribution is 2.19. The van der Waals surface area contributed by atoms with Crippen molar-refractivity contribution in [3.05, 3.63) is 27.9 Å². The Morgan fingerprint density at radius 2 is 2.00 bits per heavy atom. The summed E-state index contributed by atoms with van der Waals surface area (Å²) in [7, 11) is 0. The van der Waals surface area contributed by atoms with Crippen molar-refractivity contribution >= 4 is 23.0 Å². The highest BCUT2D eigenvalue weighted by molar-refractivity contribution is 5.81. The van der Waals surface area contributed by atoms with E-state index in [-0.39, 0.29) is 30.1 Å². The highest BCUT2D eigenvalue weighted by atomic mass is 16.6. The second kappa shape index (κ2) is 8.49. The predicted molar refractivity (Wildman–Crippen MR) is 111 cm³/mol. The minimum atomic E-state index is -0.298. The van der Waals surface area contributed by atoms with Crippen LogP contribution in [0.25, 0.3) is 11.0 Å². The van der Waals surface area contributed by atoms with Gasteiger partial charge in [-0.1, -0.05) is 0 Å². The van der Waals surface area contributed by atoms with Crippen molar-refractivity contribution in [3.63, 3.8) is 0 Å². The molecule has 1 fully saturated rings. The zero-order valence-corrected chi connectivity index (χ0v) is 17.6. The van der Waals surface area contributed by atoms with Crippen LogP contribution in [0.2, 0.25) is 0 Å². The molecule has 2 aliphatic heterocycles.